The Kier molecular flexibility index (Phi) is 5.01. The van der Waals surface area contributed by atoms with Gasteiger partial charge < -0.3 is 25.5 Å². The summed E-state index contributed by atoms with van der Waals surface area (Å²) in [6, 6.07) is 18.7. The first kappa shape index (κ1) is 19.1. The maximum absolute atomic E-state index is 4.64. The third-order valence-corrected chi connectivity index (χ3v) is 5.20. The van der Waals surface area contributed by atoms with Gasteiger partial charge in [0.15, 0.2) is 0 Å². The van der Waals surface area contributed by atoms with Crippen LogP contribution in [0.2, 0.25) is 0 Å². The number of aromatic nitrogens is 4. The second-order valence-corrected chi connectivity index (χ2v) is 7.94. The van der Waals surface area contributed by atoms with Gasteiger partial charge in [0.05, 0.1) is 5.69 Å². The van der Waals surface area contributed by atoms with Gasteiger partial charge in [-0.1, -0.05) is 12.1 Å². The standard InChI is InChI=1S/C24H25N7/c1-31(2)15-18-13-19-21(28-18)4-3-5-22(19)29-24-26-11-9-23(30-24)27-14-16-6-7-20-17(12-16)8-10-25-20/h3-13,25,28H,14-15H2,1-2H3,(H2,26,27,29,30). The summed E-state index contributed by atoms with van der Waals surface area (Å²) in [5.41, 5.74) is 5.59. The molecule has 7 heteroatoms. The molecule has 31 heavy (non-hydrogen) atoms. The maximum atomic E-state index is 4.64. The summed E-state index contributed by atoms with van der Waals surface area (Å²) in [5, 5.41) is 9.10. The first-order valence-electron chi connectivity index (χ1n) is 10.3. The van der Waals surface area contributed by atoms with Gasteiger partial charge in [-0.3, -0.25) is 0 Å². The number of nitrogens with zero attached hydrogens (tertiary/aromatic N) is 3. The Balaban J connectivity index is 1.32. The highest BCUT2D eigenvalue weighted by molar-refractivity contribution is 5.93. The van der Waals surface area contributed by atoms with Crippen LogP contribution in [0.15, 0.2) is 67.0 Å². The van der Waals surface area contributed by atoms with Gasteiger partial charge in [-0.25, -0.2) is 4.98 Å². The van der Waals surface area contributed by atoms with Gasteiger partial charge in [0.2, 0.25) is 5.95 Å². The molecule has 0 saturated carbocycles. The van der Waals surface area contributed by atoms with E-state index in [0.717, 1.165) is 34.5 Å². The molecule has 0 unspecified atom stereocenters. The molecule has 2 aromatic carbocycles. The number of H-pyrrole nitrogens is 2. The molecule has 3 heterocycles. The van der Waals surface area contributed by atoms with E-state index in [0.29, 0.717) is 12.5 Å². The zero-order valence-electron chi connectivity index (χ0n) is 17.6. The summed E-state index contributed by atoms with van der Waals surface area (Å²) >= 11 is 0. The number of aromatic amines is 2. The van der Waals surface area contributed by atoms with Gasteiger partial charge in [-0.05, 0) is 67.5 Å². The fraction of sp³-hybridized carbons (Fsp3) is 0.167. The highest BCUT2D eigenvalue weighted by Gasteiger charge is 2.08. The summed E-state index contributed by atoms with van der Waals surface area (Å²) in [4.78, 5) is 17.9. The monoisotopic (exact) mass is 411 g/mol. The average molecular weight is 412 g/mol. The lowest BCUT2D eigenvalue weighted by Gasteiger charge is -2.09. The zero-order valence-corrected chi connectivity index (χ0v) is 17.6. The lowest BCUT2D eigenvalue weighted by molar-refractivity contribution is 0.398. The van der Waals surface area contributed by atoms with E-state index in [1.54, 1.807) is 6.20 Å². The van der Waals surface area contributed by atoms with Gasteiger partial charge >= 0.3 is 0 Å². The van der Waals surface area contributed by atoms with Crippen LogP contribution in [0.4, 0.5) is 17.5 Å². The normalized spacial score (nSPS) is 11.5. The molecule has 156 valence electrons. The zero-order chi connectivity index (χ0) is 21.2. The smallest absolute Gasteiger partial charge is 0.229 e. The summed E-state index contributed by atoms with van der Waals surface area (Å²) in [7, 11) is 4.13. The first-order valence-corrected chi connectivity index (χ1v) is 10.3. The SMILES string of the molecule is CN(C)Cc1cc2c(Nc3nccc(NCc4ccc5[nH]ccc5c4)n3)cccc2[nH]1. The molecule has 5 rings (SSSR count). The summed E-state index contributed by atoms with van der Waals surface area (Å²) in [5.74, 6) is 1.34. The summed E-state index contributed by atoms with van der Waals surface area (Å²) < 4.78 is 0. The minimum absolute atomic E-state index is 0.564. The summed E-state index contributed by atoms with van der Waals surface area (Å²) in [6.07, 6.45) is 3.72. The molecule has 0 fully saturated rings. The molecular weight excluding hydrogens is 386 g/mol. The molecule has 4 N–H and O–H groups in total. The van der Waals surface area contributed by atoms with Crippen molar-refractivity contribution in [3.05, 3.63) is 78.2 Å². The van der Waals surface area contributed by atoms with Gasteiger partial charge in [0.25, 0.3) is 0 Å². The van der Waals surface area contributed by atoms with Crippen molar-refractivity contribution in [2.45, 2.75) is 13.1 Å². The third-order valence-electron chi connectivity index (χ3n) is 5.20. The Labute approximate surface area is 180 Å². The number of nitrogens with one attached hydrogen (secondary N) is 4. The van der Waals surface area contributed by atoms with Crippen LogP contribution < -0.4 is 10.6 Å². The van der Waals surface area contributed by atoms with Crippen LogP contribution in [0.5, 0.6) is 0 Å². The number of rotatable bonds is 7. The van der Waals surface area contributed by atoms with Crippen LogP contribution in [0.3, 0.4) is 0 Å². The van der Waals surface area contributed by atoms with E-state index in [2.05, 4.69) is 86.0 Å². The van der Waals surface area contributed by atoms with Crippen LogP contribution in [0, 0.1) is 0 Å². The molecule has 3 aromatic heterocycles. The molecule has 0 saturated heterocycles. The average Bonchev–Trinajstić information content (AvgIpc) is 3.38. The third kappa shape index (κ3) is 4.22. The quantitative estimate of drug-likeness (QED) is 0.307. The van der Waals surface area contributed by atoms with Crippen LogP contribution in [0.1, 0.15) is 11.3 Å². The number of hydrogen-bond donors (Lipinski definition) is 4. The Morgan fingerprint density at radius 3 is 2.84 bits per heavy atom. The fourth-order valence-corrected chi connectivity index (χ4v) is 3.79. The number of fused-ring (bicyclic) bond motifs is 2. The number of benzene rings is 2. The van der Waals surface area contributed by atoms with Crippen molar-refractivity contribution in [1.29, 1.82) is 0 Å². The van der Waals surface area contributed by atoms with Crippen LogP contribution >= 0.6 is 0 Å². The molecule has 7 nitrogen and oxygen atoms in total. The van der Waals surface area contributed by atoms with Crippen molar-refractivity contribution in [3.63, 3.8) is 0 Å². The molecule has 0 aliphatic carbocycles. The molecule has 0 aliphatic rings. The van der Waals surface area contributed by atoms with E-state index >= 15 is 0 Å². The Morgan fingerprint density at radius 1 is 1.00 bits per heavy atom. The molecule has 0 aliphatic heterocycles. The molecule has 0 amide bonds. The molecule has 0 radical (unpaired) electrons. The van der Waals surface area contributed by atoms with E-state index in [9.17, 15) is 0 Å². The van der Waals surface area contributed by atoms with Crippen LogP contribution in [-0.2, 0) is 13.1 Å². The van der Waals surface area contributed by atoms with Gasteiger partial charge in [-0.2, -0.15) is 4.98 Å². The Hall–Kier alpha value is -3.84. The number of anilines is 3. The van der Waals surface area contributed by atoms with Crippen molar-refractivity contribution in [2.24, 2.45) is 0 Å². The molecule has 0 bridgehead atoms. The predicted octanol–water partition coefficient (Wildman–Crippen LogP) is 4.86. The molecule has 5 aromatic rings. The van der Waals surface area contributed by atoms with Gasteiger partial charge in [0, 0.05) is 47.6 Å². The molecule has 0 atom stereocenters. The summed E-state index contributed by atoms with van der Waals surface area (Å²) in [6.45, 7) is 1.55. The molecule has 0 spiro atoms. The van der Waals surface area contributed by atoms with Crippen LogP contribution in [0.25, 0.3) is 21.8 Å². The topological polar surface area (TPSA) is 84.7 Å². The Bertz CT molecular complexity index is 1330. The lowest BCUT2D eigenvalue weighted by atomic mass is 10.1. The van der Waals surface area contributed by atoms with E-state index in [-0.39, 0.29) is 0 Å². The van der Waals surface area contributed by atoms with Crippen molar-refractivity contribution in [3.8, 4) is 0 Å². The maximum Gasteiger partial charge on any atom is 0.229 e. The second kappa shape index (κ2) is 8.12. The van der Waals surface area contributed by atoms with E-state index in [1.807, 2.05) is 24.4 Å². The second-order valence-electron chi connectivity index (χ2n) is 7.94. The van der Waals surface area contributed by atoms with Gasteiger partial charge in [0.1, 0.15) is 5.82 Å². The van der Waals surface area contributed by atoms with E-state index in [1.165, 1.54) is 16.6 Å². The first-order chi connectivity index (χ1) is 15.1. The largest absolute Gasteiger partial charge is 0.366 e. The highest BCUT2D eigenvalue weighted by Crippen LogP contribution is 2.27. The van der Waals surface area contributed by atoms with E-state index in [4.69, 9.17) is 0 Å². The van der Waals surface area contributed by atoms with Crippen LogP contribution in [-0.4, -0.2) is 38.9 Å². The Morgan fingerprint density at radius 2 is 1.94 bits per heavy atom. The minimum atomic E-state index is 0.564. The van der Waals surface area contributed by atoms with Crippen molar-refractivity contribution in [1.82, 2.24) is 24.8 Å². The molecular formula is C24H25N7. The highest BCUT2D eigenvalue weighted by atomic mass is 15.1. The fourth-order valence-electron chi connectivity index (χ4n) is 3.79. The van der Waals surface area contributed by atoms with Crippen molar-refractivity contribution >= 4 is 39.3 Å². The minimum Gasteiger partial charge on any atom is -0.366 e. The van der Waals surface area contributed by atoms with Crippen molar-refractivity contribution in [2.75, 3.05) is 24.7 Å². The van der Waals surface area contributed by atoms with Crippen molar-refractivity contribution < 1.29 is 0 Å². The van der Waals surface area contributed by atoms with E-state index < -0.39 is 0 Å². The van der Waals surface area contributed by atoms with Gasteiger partial charge in [-0.15, -0.1) is 0 Å². The number of hydrogen-bond acceptors (Lipinski definition) is 5. The predicted molar refractivity (Wildman–Crippen MR) is 127 cm³/mol. The lowest BCUT2D eigenvalue weighted by Crippen LogP contribution is -2.10.